The van der Waals surface area contributed by atoms with Crippen molar-refractivity contribution in [3.05, 3.63) is 35.4 Å². The Labute approximate surface area is 104 Å². The van der Waals surface area contributed by atoms with Gasteiger partial charge in [-0.25, -0.2) is 0 Å². The number of hydrogen-bond acceptors (Lipinski definition) is 1. The highest BCUT2D eigenvalue weighted by Gasteiger charge is 2.40. The van der Waals surface area contributed by atoms with Gasteiger partial charge in [0, 0.05) is 0 Å². The summed E-state index contributed by atoms with van der Waals surface area (Å²) in [5.74, 6) is 0. The number of aryl methyl sites for hydroxylation is 1. The topological polar surface area (TPSA) is 9.23 Å². The van der Waals surface area contributed by atoms with E-state index in [1.807, 2.05) is 31.2 Å². The van der Waals surface area contributed by atoms with Crippen molar-refractivity contribution in [2.45, 2.75) is 38.8 Å². The molecule has 0 amide bonds. The minimum Gasteiger partial charge on any atom is -0.384 e. The van der Waals surface area contributed by atoms with Gasteiger partial charge in [0.05, 0.1) is 5.73 Å². The van der Waals surface area contributed by atoms with E-state index in [4.69, 9.17) is 4.43 Å². The highest BCUT2D eigenvalue weighted by Crippen LogP contribution is 2.32. The molecule has 1 nitrogen and oxygen atoms in total. The van der Waals surface area contributed by atoms with Crippen LogP contribution in [0.5, 0.6) is 0 Å². The van der Waals surface area contributed by atoms with Crippen LogP contribution < -0.4 is 0 Å². The maximum atomic E-state index is 14.2. The zero-order chi connectivity index (χ0) is 13.3. The highest BCUT2D eigenvalue weighted by atomic mass is 28.4. The van der Waals surface area contributed by atoms with Crippen LogP contribution in [0.2, 0.25) is 26.2 Å². The summed E-state index contributed by atoms with van der Waals surface area (Å²) in [4.78, 5) is 0. The van der Waals surface area contributed by atoms with E-state index >= 15 is 0 Å². The Morgan fingerprint density at radius 1 is 1.00 bits per heavy atom. The largest absolute Gasteiger partial charge is 0.384 e. The molecule has 1 atom stereocenters. The molecule has 0 fully saturated rings. The SMILES string of the molecule is Cc1ccc(C(O[Si](C)(C)F)[Si](C)(C)F)cc1. The Balaban J connectivity index is 3.03. The van der Waals surface area contributed by atoms with Gasteiger partial charge in [-0.2, -0.15) is 0 Å². The van der Waals surface area contributed by atoms with Crippen molar-refractivity contribution in [1.82, 2.24) is 0 Å². The van der Waals surface area contributed by atoms with E-state index in [1.165, 1.54) is 13.1 Å². The third-order valence-electron chi connectivity index (χ3n) is 2.40. The van der Waals surface area contributed by atoms with Crippen LogP contribution in [0.4, 0.5) is 8.22 Å². The summed E-state index contributed by atoms with van der Waals surface area (Å²) >= 11 is 0. The van der Waals surface area contributed by atoms with E-state index in [-0.39, 0.29) is 0 Å². The van der Waals surface area contributed by atoms with Gasteiger partial charge in [-0.3, -0.25) is 4.11 Å². The lowest BCUT2D eigenvalue weighted by atomic mass is 10.2. The Morgan fingerprint density at radius 2 is 1.47 bits per heavy atom. The molecule has 0 saturated heterocycles. The maximum Gasteiger partial charge on any atom is 0.377 e. The van der Waals surface area contributed by atoms with E-state index in [1.54, 1.807) is 13.1 Å². The van der Waals surface area contributed by atoms with Gasteiger partial charge >= 0.3 is 8.65 Å². The van der Waals surface area contributed by atoms with Crippen molar-refractivity contribution < 1.29 is 12.6 Å². The van der Waals surface area contributed by atoms with Crippen molar-refractivity contribution in [2.24, 2.45) is 0 Å². The fraction of sp³-hybridized carbons (Fsp3) is 0.500. The summed E-state index contributed by atoms with van der Waals surface area (Å²) in [5.41, 5.74) is 1.13. The molecule has 0 aliphatic rings. The Hall–Kier alpha value is -0.526. The van der Waals surface area contributed by atoms with Crippen LogP contribution in [0.15, 0.2) is 24.3 Å². The van der Waals surface area contributed by atoms with Crippen molar-refractivity contribution in [1.29, 1.82) is 0 Å². The Morgan fingerprint density at radius 3 is 1.82 bits per heavy atom. The van der Waals surface area contributed by atoms with Crippen molar-refractivity contribution >= 4 is 17.1 Å². The average molecular weight is 274 g/mol. The molecule has 0 bridgehead atoms. The summed E-state index contributed by atoms with van der Waals surface area (Å²) in [7, 11) is -6.31. The van der Waals surface area contributed by atoms with Crippen LogP contribution in [0, 0.1) is 6.92 Å². The molecular weight excluding hydrogens is 254 g/mol. The molecule has 5 heteroatoms. The van der Waals surface area contributed by atoms with Crippen molar-refractivity contribution in [3.8, 4) is 0 Å². The second-order valence-corrected chi connectivity index (χ2v) is 12.0. The number of rotatable bonds is 4. The van der Waals surface area contributed by atoms with E-state index in [2.05, 4.69) is 0 Å². The quantitative estimate of drug-likeness (QED) is 0.582. The summed E-state index contributed by atoms with van der Waals surface area (Å²) in [6, 6.07) is 7.46. The predicted molar refractivity (Wildman–Crippen MR) is 72.2 cm³/mol. The fourth-order valence-corrected chi connectivity index (χ4v) is 5.27. The molecule has 0 spiro atoms. The molecule has 96 valence electrons. The molecule has 1 aromatic rings. The van der Waals surface area contributed by atoms with Crippen LogP contribution in [-0.4, -0.2) is 17.1 Å². The third-order valence-corrected chi connectivity index (χ3v) is 5.13. The van der Waals surface area contributed by atoms with Crippen LogP contribution in [0.3, 0.4) is 0 Å². The zero-order valence-corrected chi connectivity index (χ0v) is 13.1. The van der Waals surface area contributed by atoms with Gasteiger partial charge in [0.1, 0.15) is 0 Å². The molecular formula is C12H20F2OSi2. The first-order chi connectivity index (χ1) is 7.59. The predicted octanol–water partition coefficient (Wildman–Crippen LogP) is 4.44. The summed E-state index contributed by atoms with van der Waals surface area (Å²) in [6.07, 6.45) is 0. The molecule has 1 rings (SSSR count). The molecule has 0 aliphatic carbocycles. The van der Waals surface area contributed by atoms with Gasteiger partial charge in [0.15, 0.2) is 0 Å². The van der Waals surface area contributed by atoms with Crippen LogP contribution in [0.1, 0.15) is 16.9 Å². The Kier molecular flexibility index (Phi) is 4.27. The van der Waals surface area contributed by atoms with Gasteiger partial charge in [-0.05, 0) is 38.7 Å². The van der Waals surface area contributed by atoms with Crippen molar-refractivity contribution in [2.75, 3.05) is 0 Å². The summed E-state index contributed by atoms with van der Waals surface area (Å²) in [5, 5.41) is 0. The van der Waals surface area contributed by atoms with Crippen LogP contribution in [0.25, 0.3) is 0 Å². The van der Waals surface area contributed by atoms with E-state index in [0.29, 0.717) is 0 Å². The number of hydrogen-bond donors (Lipinski definition) is 0. The lowest BCUT2D eigenvalue weighted by Gasteiger charge is -2.29. The first-order valence-electron chi connectivity index (χ1n) is 5.72. The van der Waals surface area contributed by atoms with Crippen LogP contribution >= 0.6 is 0 Å². The minimum absolute atomic E-state index is 0.713. The lowest BCUT2D eigenvalue weighted by Crippen LogP contribution is -2.38. The second-order valence-electron chi connectivity index (χ2n) is 5.34. The van der Waals surface area contributed by atoms with Gasteiger partial charge in [0.2, 0.25) is 0 Å². The zero-order valence-electron chi connectivity index (χ0n) is 11.1. The number of halogens is 2. The smallest absolute Gasteiger partial charge is 0.377 e. The lowest BCUT2D eigenvalue weighted by molar-refractivity contribution is 0.226. The standard InChI is InChI=1S/C12H20F2OSi2/c1-10-6-8-11(9-7-10)12(16(2,3)13)15-17(4,5)14/h6-9,12H,1-5H3. The molecule has 0 heterocycles. The summed E-state index contributed by atoms with van der Waals surface area (Å²) < 4.78 is 33.3. The molecule has 17 heavy (non-hydrogen) atoms. The van der Waals surface area contributed by atoms with E-state index in [9.17, 15) is 8.22 Å². The molecule has 0 radical (unpaired) electrons. The molecule has 0 aromatic heterocycles. The van der Waals surface area contributed by atoms with E-state index in [0.717, 1.165) is 11.1 Å². The third kappa shape index (κ3) is 4.69. The highest BCUT2D eigenvalue weighted by molar-refractivity contribution is 6.73. The average Bonchev–Trinajstić information content (AvgIpc) is 2.13. The molecule has 0 N–H and O–H groups in total. The molecule has 1 unspecified atom stereocenters. The molecule has 1 aromatic carbocycles. The molecule has 0 saturated carbocycles. The van der Waals surface area contributed by atoms with Gasteiger partial charge < -0.3 is 8.53 Å². The van der Waals surface area contributed by atoms with Gasteiger partial charge in [-0.15, -0.1) is 0 Å². The minimum atomic E-state index is -3.23. The maximum absolute atomic E-state index is 14.2. The monoisotopic (exact) mass is 274 g/mol. The van der Waals surface area contributed by atoms with Gasteiger partial charge in [0.25, 0.3) is 8.41 Å². The number of benzene rings is 1. The normalized spacial score (nSPS) is 14.8. The fourth-order valence-electron chi connectivity index (χ4n) is 1.63. The van der Waals surface area contributed by atoms with Crippen LogP contribution in [-0.2, 0) is 4.43 Å². The summed E-state index contributed by atoms with van der Waals surface area (Å²) in [6.45, 7) is 7.95. The first-order valence-corrected chi connectivity index (χ1v) is 11.5. The van der Waals surface area contributed by atoms with Gasteiger partial charge in [-0.1, -0.05) is 29.8 Å². The van der Waals surface area contributed by atoms with Crippen molar-refractivity contribution in [3.63, 3.8) is 0 Å². The second kappa shape index (κ2) is 5.00. The van der Waals surface area contributed by atoms with E-state index < -0.39 is 22.8 Å². The Bertz CT molecular complexity index is 366. The molecule has 0 aliphatic heterocycles. The first kappa shape index (κ1) is 14.5.